The van der Waals surface area contributed by atoms with Gasteiger partial charge in [0.1, 0.15) is 23.0 Å². The fraction of sp³-hybridized carbons (Fsp3) is 0.357. The molecule has 0 saturated heterocycles. The zero-order chi connectivity index (χ0) is 16.7. The fourth-order valence-electron chi connectivity index (χ4n) is 1.92. The summed E-state index contributed by atoms with van der Waals surface area (Å²) in [6.07, 6.45) is -4.76. The maximum Gasteiger partial charge on any atom is 0.505 e. The van der Waals surface area contributed by atoms with Crippen LogP contribution in [0.4, 0.5) is 23.4 Å². The van der Waals surface area contributed by atoms with Crippen molar-refractivity contribution in [1.82, 2.24) is 9.78 Å². The lowest BCUT2D eigenvalue weighted by molar-refractivity contribution is -0.210. The first kappa shape index (κ1) is 16.1. The minimum atomic E-state index is -4.76. The number of aromatic nitrogens is 2. The molecule has 0 bridgehead atoms. The Labute approximate surface area is 124 Å². The quantitative estimate of drug-likeness (QED) is 0.854. The van der Waals surface area contributed by atoms with Gasteiger partial charge in [0.25, 0.3) is 0 Å². The number of halogens is 4. The van der Waals surface area contributed by atoms with Crippen LogP contribution in [0.3, 0.4) is 0 Å². The second-order valence-corrected chi connectivity index (χ2v) is 5.72. The largest absolute Gasteiger partial charge is 0.505 e. The number of anilines is 1. The van der Waals surface area contributed by atoms with E-state index in [4.69, 9.17) is 10.5 Å². The van der Waals surface area contributed by atoms with Gasteiger partial charge in [-0.1, -0.05) is 0 Å². The Morgan fingerprint density at radius 2 is 1.73 bits per heavy atom. The van der Waals surface area contributed by atoms with Crippen LogP contribution in [0.25, 0.3) is 11.3 Å². The van der Waals surface area contributed by atoms with E-state index >= 15 is 0 Å². The molecule has 0 radical (unpaired) electrons. The monoisotopic (exact) mass is 317 g/mol. The summed E-state index contributed by atoms with van der Waals surface area (Å²) in [6, 6.07) is 4.41. The molecule has 0 saturated carbocycles. The van der Waals surface area contributed by atoms with Crippen LogP contribution in [0.2, 0.25) is 0 Å². The highest BCUT2D eigenvalue weighted by atomic mass is 19.4. The van der Waals surface area contributed by atoms with Crippen LogP contribution in [0.1, 0.15) is 20.8 Å². The Balaban J connectivity index is 2.54. The van der Waals surface area contributed by atoms with E-state index < -0.39 is 17.7 Å². The van der Waals surface area contributed by atoms with Crippen LogP contribution in [-0.2, 0) is 6.30 Å². The normalized spacial score (nSPS) is 12.5. The lowest BCUT2D eigenvalue weighted by Gasteiger charge is -2.22. The molecule has 0 spiro atoms. The predicted molar refractivity (Wildman–Crippen MR) is 73.7 cm³/mol. The summed E-state index contributed by atoms with van der Waals surface area (Å²) in [5, 5.41) is 3.20. The summed E-state index contributed by atoms with van der Waals surface area (Å²) >= 11 is 0. The molecule has 0 unspecified atom stereocenters. The van der Waals surface area contributed by atoms with Gasteiger partial charge in [-0.25, -0.2) is 4.39 Å². The van der Waals surface area contributed by atoms with Crippen LogP contribution >= 0.6 is 0 Å². The highest BCUT2D eigenvalue weighted by Gasteiger charge is 2.35. The predicted octanol–water partition coefficient (Wildman–Crippen LogP) is 3.93. The van der Waals surface area contributed by atoms with Crippen molar-refractivity contribution >= 4 is 5.82 Å². The van der Waals surface area contributed by atoms with E-state index in [1.165, 1.54) is 6.07 Å². The van der Waals surface area contributed by atoms with E-state index in [1.54, 1.807) is 20.8 Å². The molecular weight excluding hydrogens is 302 g/mol. The van der Waals surface area contributed by atoms with Gasteiger partial charge < -0.3 is 10.5 Å². The van der Waals surface area contributed by atoms with E-state index in [-0.39, 0.29) is 27.5 Å². The number of rotatable bonds is 2. The Morgan fingerprint density at radius 3 is 2.27 bits per heavy atom. The van der Waals surface area contributed by atoms with Crippen LogP contribution < -0.4 is 10.5 Å². The van der Waals surface area contributed by atoms with Crippen molar-refractivity contribution in [2.75, 3.05) is 5.73 Å². The van der Waals surface area contributed by atoms with Gasteiger partial charge in [0, 0.05) is 17.7 Å². The molecule has 1 heterocycles. The molecule has 0 amide bonds. The van der Waals surface area contributed by atoms with Gasteiger partial charge in [0.15, 0.2) is 0 Å². The van der Waals surface area contributed by atoms with Gasteiger partial charge in [-0.2, -0.15) is 4.68 Å². The van der Waals surface area contributed by atoms with Gasteiger partial charge in [-0.3, -0.25) is 0 Å². The Kier molecular flexibility index (Phi) is 3.80. The van der Waals surface area contributed by atoms with Gasteiger partial charge >= 0.3 is 6.30 Å². The summed E-state index contributed by atoms with van der Waals surface area (Å²) in [6.45, 7) is 5.24. The SMILES string of the molecule is CC(C)(C)Oc1cc(F)cc(-c2cc(N)nn2C(F)(F)F)c1. The van der Waals surface area contributed by atoms with Crippen LogP contribution in [0.15, 0.2) is 24.3 Å². The van der Waals surface area contributed by atoms with Crippen LogP contribution in [0, 0.1) is 5.82 Å². The number of benzene rings is 1. The first-order valence-electron chi connectivity index (χ1n) is 6.38. The van der Waals surface area contributed by atoms with Crippen molar-refractivity contribution < 1.29 is 22.3 Å². The van der Waals surface area contributed by atoms with E-state index in [0.717, 1.165) is 18.2 Å². The maximum absolute atomic E-state index is 13.7. The molecule has 1 aromatic heterocycles. The number of alkyl halides is 3. The van der Waals surface area contributed by atoms with Crippen molar-refractivity contribution in [1.29, 1.82) is 0 Å². The average Bonchev–Trinajstić information content (AvgIpc) is 2.67. The number of ether oxygens (including phenoxy) is 1. The summed E-state index contributed by atoms with van der Waals surface area (Å²) in [5.41, 5.74) is 4.33. The second-order valence-electron chi connectivity index (χ2n) is 5.72. The maximum atomic E-state index is 13.7. The van der Waals surface area contributed by atoms with Gasteiger partial charge in [0.2, 0.25) is 0 Å². The molecule has 120 valence electrons. The second kappa shape index (κ2) is 5.19. The zero-order valence-corrected chi connectivity index (χ0v) is 12.2. The molecule has 4 nitrogen and oxygen atoms in total. The van der Waals surface area contributed by atoms with Gasteiger partial charge in [0.05, 0.1) is 5.69 Å². The molecule has 2 aromatic rings. The Morgan fingerprint density at radius 1 is 1.09 bits per heavy atom. The summed E-state index contributed by atoms with van der Waals surface area (Å²) in [4.78, 5) is 0. The smallest absolute Gasteiger partial charge is 0.488 e. The lowest BCUT2D eigenvalue weighted by Crippen LogP contribution is -2.23. The molecule has 0 aliphatic heterocycles. The third kappa shape index (κ3) is 3.69. The van der Waals surface area contributed by atoms with E-state index in [1.807, 2.05) is 0 Å². The standard InChI is InChI=1S/C14H15F4N3O/c1-13(2,3)22-10-5-8(4-9(15)6-10)11-7-12(19)20-21(11)14(16,17)18/h4-7H,1-3H3,(H2,19,20). The number of nitrogens with zero attached hydrogens (tertiary/aromatic N) is 2. The highest BCUT2D eigenvalue weighted by molar-refractivity contribution is 5.64. The van der Waals surface area contributed by atoms with E-state index in [0.29, 0.717) is 0 Å². The summed E-state index contributed by atoms with van der Waals surface area (Å²) in [7, 11) is 0. The van der Waals surface area contributed by atoms with Crippen molar-refractivity contribution in [3.8, 4) is 17.0 Å². The van der Waals surface area contributed by atoms with Crippen molar-refractivity contribution in [2.45, 2.75) is 32.7 Å². The minimum Gasteiger partial charge on any atom is -0.488 e. The number of nitrogens with two attached hydrogens (primary N) is 1. The first-order valence-corrected chi connectivity index (χ1v) is 6.38. The number of hydrogen-bond donors (Lipinski definition) is 1. The molecule has 0 atom stereocenters. The lowest BCUT2D eigenvalue weighted by atomic mass is 10.1. The molecule has 0 aliphatic rings. The molecule has 2 N–H and O–H groups in total. The molecule has 1 aromatic carbocycles. The molecule has 2 rings (SSSR count). The first-order chi connectivity index (χ1) is 9.95. The van der Waals surface area contributed by atoms with Crippen LogP contribution in [-0.4, -0.2) is 15.4 Å². The molecule has 0 aliphatic carbocycles. The fourth-order valence-corrected chi connectivity index (χ4v) is 1.92. The Bertz CT molecular complexity index is 686. The summed E-state index contributed by atoms with van der Waals surface area (Å²) in [5.74, 6) is -0.906. The summed E-state index contributed by atoms with van der Waals surface area (Å²) < 4.78 is 57.8. The highest BCUT2D eigenvalue weighted by Crippen LogP contribution is 2.33. The van der Waals surface area contributed by atoms with Crippen molar-refractivity contribution in [2.24, 2.45) is 0 Å². The van der Waals surface area contributed by atoms with Gasteiger partial charge in [-0.05, 0) is 32.9 Å². The number of nitrogen functional groups attached to an aromatic ring is 1. The van der Waals surface area contributed by atoms with Crippen molar-refractivity contribution in [3.05, 3.63) is 30.1 Å². The molecule has 0 fully saturated rings. The Hall–Kier alpha value is -2.25. The van der Waals surface area contributed by atoms with E-state index in [9.17, 15) is 17.6 Å². The number of hydrogen-bond acceptors (Lipinski definition) is 3. The van der Waals surface area contributed by atoms with Crippen molar-refractivity contribution in [3.63, 3.8) is 0 Å². The molecule has 22 heavy (non-hydrogen) atoms. The average molecular weight is 317 g/mol. The van der Waals surface area contributed by atoms with Crippen LogP contribution in [0.5, 0.6) is 5.75 Å². The minimum absolute atomic E-state index is 0.0271. The molecule has 8 heteroatoms. The molecular formula is C14H15F4N3O. The third-order valence-corrected chi connectivity index (χ3v) is 2.56. The topological polar surface area (TPSA) is 53.1 Å². The van der Waals surface area contributed by atoms with Gasteiger partial charge in [-0.15, -0.1) is 18.3 Å². The zero-order valence-electron chi connectivity index (χ0n) is 12.2. The van der Waals surface area contributed by atoms with E-state index in [2.05, 4.69) is 5.10 Å². The third-order valence-electron chi connectivity index (χ3n) is 2.56.